The van der Waals surface area contributed by atoms with Crippen molar-refractivity contribution in [2.45, 2.75) is 5.75 Å². The lowest BCUT2D eigenvalue weighted by atomic mass is 10.1. The Morgan fingerprint density at radius 1 is 1.20 bits per heavy atom. The first-order valence-corrected chi connectivity index (χ1v) is 9.14. The molecule has 0 fully saturated rings. The van der Waals surface area contributed by atoms with Crippen molar-refractivity contribution in [3.63, 3.8) is 0 Å². The molecule has 0 atom stereocenters. The van der Waals surface area contributed by atoms with Crippen molar-refractivity contribution in [1.29, 1.82) is 0 Å². The maximum Gasteiger partial charge on any atom is 0.281 e. The molecule has 2 heterocycles. The first-order chi connectivity index (χ1) is 11.8. The number of fused-ring (bicyclic) bond motifs is 1. The lowest BCUT2D eigenvalue weighted by Crippen LogP contribution is -2.33. The number of hydrogen-bond acceptors (Lipinski definition) is 5. The number of pyridine rings is 2. The fourth-order valence-electron chi connectivity index (χ4n) is 2.27. The molecule has 0 spiro atoms. The highest BCUT2D eigenvalue weighted by molar-refractivity contribution is 7.89. The Hall–Kier alpha value is -2.71. The predicted octanol–water partition coefficient (Wildman–Crippen LogP) is 1.84. The van der Waals surface area contributed by atoms with Crippen molar-refractivity contribution in [1.82, 2.24) is 14.7 Å². The highest BCUT2D eigenvalue weighted by Gasteiger charge is 2.19. The van der Waals surface area contributed by atoms with Crippen molar-refractivity contribution >= 4 is 38.3 Å². The number of amides is 1. The van der Waals surface area contributed by atoms with Crippen molar-refractivity contribution in [3.8, 4) is 0 Å². The number of nitrogens with zero attached hydrogens (tertiary/aromatic N) is 1. The van der Waals surface area contributed by atoms with Crippen LogP contribution in [0.4, 0.5) is 0 Å². The third kappa shape index (κ3) is 4.04. The number of aromatic nitrogens is 2. The fraction of sp³-hybridized carbons (Fsp3) is 0.0625. The molecule has 0 aliphatic heterocycles. The molecule has 0 aliphatic carbocycles. The van der Waals surface area contributed by atoms with Gasteiger partial charge in [-0.1, -0.05) is 23.7 Å². The average Bonchev–Trinajstić information content (AvgIpc) is 2.55. The number of carbonyl (C=O) groups is 1. The minimum atomic E-state index is -3.96. The summed E-state index contributed by atoms with van der Waals surface area (Å²) in [6.07, 6.45) is 1.46. The Bertz CT molecular complexity index is 1110. The number of H-pyrrole nitrogens is 1. The van der Waals surface area contributed by atoms with Crippen LogP contribution in [-0.4, -0.2) is 24.3 Å². The van der Waals surface area contributed by atoms with E-state index in [1.807, 2.05) is 4.72 Å². The second-order valence-corrected chi connectivity index (χ2v) is 7.41. The van der Waals surface area contributed by atoms with Crippen LogP contribution in [-0.2, 0) is 15.8 Å². The van der Waals surface area contributed by atoms with Crippen LogP contribution < -0.4 is 10.3 Å². The number of carbonyl (C=O) groups excluding carboxylic acids is 1. The normalized spacial score (nSPS) is 11.4. The fourth-order valence-corrected chi connectivity index (χ4v) is 3.46. The van der Waals surface area contributed by atoms with Crippen molar-refractivity contribution in [3.05, 3.63) is 75.4 Å². The van der Waals surface area contributed by atoms with E-state index in [0.29, 0.717) is 21.5 Å². The summed E-state index contributed by atoms with van der Waals surface area (Å²) in [5, 5.41) is 1.16. The Kier molecular flexibility index (Phi) is 4.56. The van der Waals surface area contributed by atoms with Gasteiger partial charge in [-0.15, -0.1) is 0 Å². The van der Waals surface area contributed by atoms with Gasteiger partial charge < -0.3 is 4.98 Å². The van der Waals surface area contributed by atoms with Crippen LogP contribution in [0.3, 0.4) is 0 Å². The Balaban J connectivity index is 1.87. The molecular formula is C16H12ClN3O4S. The van der Waals surface area contributed by atoms with Gasteiger partial charge in [-0.25, -0.2) is 13.1 Å². The third-order valence-corrected chi connectivity index (χ3v) is 4.77. The molecule has 1 amide bonds. The summed E-state index contributed by atoms with van der Waals surface area (Å²) < 4.78 is 26.1. The predicted molar refractivity (Wildman–Crippen MR) is 93.9 cm³/mol. The van der Waals surface area contributed by atoms with Crippen molar-refractivity contribution in [2.75, 3.05) is 0 Å². The molecule has 25 heavy (non-hydrogen) atoms. The molecule has 0 radical (unpaired) electrons. The largest absolute Gasteiger partial charge is 0.317 e. The maximum atomic E-state index is 12.2. The van der Waals surface area contributed by atoms with Gasteiger partial charge >= 0.3 is 0 Å². The van der Waals surface area contributed by atoms with Gasteiger partial charge in [0.2, 0.25) is 10.0 Å². The van der Waals surface area contributed by atoms with Gasteiger partial charge in [0, 0.05) is 16.6 Å². The van der Waals surface area contributed by atoms with Gasteiger partial charge in [0.25, 0.3) is 11.5 Å². The molecule has 0 unspecified atom stereocenters. The summed E-state index contributed by atoms with van der Waals surface area (Å²) in [4.78, 5) is 30.5. The Morgan fingerprint density at radius 2 is 2.00 bits per heavy atom. The second-order valence-electron chi connectivity index (χ2n) is 5.26. The molecular weight excluding hydrogens is 366 g/mol. The van der Waals surface area contributed by atoms with Crippen LogP contribution in [0.1, 0.15) is 16.2 Å². The van der Waals surface area contributed by atoms with Crippen molar-refractivity contribution in [2.24, 2.45) is 0 Å². The topological polar surface area (TPSA) is 109 Å². The number of benzene rings is 1. The molecule has 0 aliphatic rings. The third-order valence-electron chi connectivity index (χ3n) is 3.36. The number of aromatic amines is 1. The lowest BCUT2D eigenvalue weighted by molar-refractivity contribution is 0.0976. The first-order valence-electron chi connectivity index (χ1n) is 7.11. The van der Waals surface area contributed by atoms with E-state index in [1.54, 1.807) is 24.3 Å². The zero-order valence-electron chi connectivity index (χ0n) is 12.7. The zero-order chi connectivity index (χ0) is 18.0. The standard InChI is InChI=1S/C16H12ClN3O4S/c17-11-5-4-10-7-14(19-15(21)13(10)8-11)16(22)20-25(23,24)9-12-3-1-2-6-18-12/h1-8H,9H2,(H,19,21)(H,20,22). The summed E-state index contributed by atoms with van der Waals surface area (Å²) >= 11 is 5.84. The summed E-state index contributed by atoms with van der Waals surface area (Å²) in [6.45, 7) is 0. The number of rotatable bonds is 4. The molecule has 3 rings (SSSR count). The molecule has 2 N–H and O–H groups in total. The monoisotopic (exact) mass is 377 g/mol. The molecule has 9 heteroatoms. The van der Waals surface area contributed by atoms with Crippen LogP contribution in [0.15, 0.2) is 53.5 Å². The van der Waals surface area contributed by atoms with Crippen LogP contribution in [0.25, 0.3) is 10.8 Å². The lowest BCUT2D eigenvalue weighted by Gasteiger charge is -2.07. The maximum absolute atomic E-state index is 12.2. The highest BCUT2D eigenvalue weighted by Crippen LogP contribution is 2.16. The number of halogens is 1. The number of nitrogens with one attached hydrogen (secondary N) is 2. The van der Waals surface area contributed by atoms with E-state index >= 15 is 0 Å². The van der Waals surface area contributed by atoms with Gasteiger partial charge in [-0.3, -0.25) is 14.6 Å². The molecule has 1 aromatic carbocycles. The minimum Gasteiger partial charge on any atom is -0.317 e. The van der Waals surface area contributed by atoms with E-state index in [2.05, 4.69) is 9.97 Å². The molecule has 3 aromatic rings. The Morgan fingerprint density at radius 3 is 2.72 bits per heavy atom. The first kappa shape index (κ1) is 17.1. The van der Waals surface area contributed by atoms with Crippen LogP contribution >= 0.6 is 11.6 Å². The summed E-state index contributed by atoms with van der Waals surface area (Å²) in [6, 6.07) is 10.8. The number of sulfonamides is 1. The molecule has 0 bridgehead atoms. The van der Waals surface area contributed by atoms with Crippen LogP contribution in [0.5, 0.6) is 0 Å². The molecule has 128 valence electrons. The SMILES string of the molecule is O=C(NS(=O)(=O)Cc1ccccn1)c1cc2ccc(Cl)cc2c(=O)[nH]1. The second kappa shape index (κ2) is 6.66. The molecule has 7 nitrogen and oxygen atoms in total. The smallest absolute Gasteiger partial charge is 0.281 e. The van der Waals surface area contributed by atoms with Gasteiger partial charge in [-0.2, -0.15) is 0 Å². The summed E-state index contributed by atoms with van der Waals surface area (Å²) in [7, 11) is -3.96. The van der Waals surface area contributed by atoms with E-state index in [0.717, 1.165) is 0 Å². The van der Waals surface area contributed by atoms with Gasteiger partial charge in [0.05, 0.1) is 5.69 Å². The molecule has 2 aromatic heterocycles. The van der Waals surface area contributed by atoms with Gasteiger partial charge in [0.1, 0.15) is 11.4 Å². The number of hydrogen-bond donors (Lipinski definition) is 2. The van der Waals surface area contributed by atoms with Crippen LogP contribution in [0.2, 0.25) is 5.02 Å². The summed E-state index contributed by atoms with van der Waals surface area (Å²) in [5.74, 6) is -1.38. The van der Waals surface area contributed by atoms with Gasteiger partial charge in [0.15, 0.2) is 0 Å². The molecule has 0 saturated carbocycles. The Labute approximate surface area is 147 Å². The molecule has 0 saturated heterocycles. The average molecular weight is 378 g/mol. The van der Waals surface area contributed by atoms with Crippen LogP contribution in [0, 0.1) is 0 Å². The minimum absolute atomic E-state index is 0.163. The van der Waals surface area contributed by atoms with Gasteiger partial charge in [-0.05, 0) is 35.7 Å². The van der Waals surface area contributed by atoms with E-state index in [1.165, 1.54) is 24.4 Å². The van der Waals surface area contributed by atoms with E-state index in [-0.39, 0.29) is 5.69 Å². The van der Waals surface area contributed by atoms with Crippen molar-refractivity contribution < 1.29 is 13.2 Å². The quantitative estimate of drug-likeness (QED) is 0.721. The van der Waals surface area contributed by atoms with E-state index < -0.39 is 27.2 Å². The zero-order valence-corrected chi connectivity index (χ0v) is 14.3. The highest BCUT2D eigenvalue weighted by atomic mass is 35.5. The summed E-state index contributed by atoms with van der Waals surface area (Å²) in [5.41, 5.74) is -0.402. The van der Waals surface area contributed by atoms with E-state index in [9.17, 15) is 18.0 Å². The van der Waals surface area contributed by atoms with E-state index in [4.69, 9.17) is 11.6 Å².